The summed E-state index contributed by atoms with van der Waals surface area (Å²) in [5.41, 5.74) is 0. The quantitative estimate of drug-likeness (QED) is 0.567. The van der Waals surface area contributed by atoms with Crippen LogP contribution in [0.15, 0.2) is 0 Å². The fraction of sp³-hybridized carbons (Fsp3) is 1.00. The van der Waals surface area contributed by atoms with Crippen LogP contribution < -0.4 is 0 Å². The van der Waals surface area contributed by atoms with E-state index >= 15 is 0 Å². The second-order valence-electron chi connectivity index (χ2n) is 3.48. The smallest absolute Gasteiger partial charge is 0.0420 e. The van der Waals surface area contributed by atoms with Crippen molar-refractivity contribution < 1.29 is 0 Å². The van der Waals surface area contributed by atoms with Gasteiger partial charge in [0.05, 0.1) is 0 Å². The Labute approximate surface area is 73.4 Å². The lowest BCUT2D eigenvalue weighted by atomic mass is 9.92. The molecule has 0 spiro atoms. The molecule has 0 N–H and O–H groups in total. The molecule has 0 bridgehead atoms. The normalized spacial score (nSPS) is 14.7. The second-order valence-corrected chi connectivity index (χ2v) is 3.48. The standard InChI is InChI=1S/C8H18.C3H8/c1-5-7(3)8(4)6-2;1-3-2/h7-8H,5-6H2,1-4H3;3H2,1-2H3. The van der Waals surface area contributed by atoms with Crippen LogP contribution in [0.5, 0.6) is 0 Å². The van der Waals surface area contributed by atoms with Crippen LogP contribution in [0.2, 0.25) is 0 Å². The molecule has 0 aromatic heterocycles. The lowest BCUT2D eigenvalue weighted by Crippen LogP contribution is -2.04. The number of hydrogen-bond donors (Lipinski definition) is 0. The Morgan fingerprint density at radius 2 is 0.909 bits per heavy atom. The van der Waals surface area contributed by atoms with Crippen molar-refractivity contribution in [1.82, 2.24) is 0 Å². The van der Waals surface area contributed by atoms with Crippen molar-refractivity contribution in [3.8, 4) is 0 Å². The number of rotatable bonds is 3. The highest BCUT2D eigenvalue weighted by Crippen LogP contribution is 2.16. The highest BCUT2D eigenvalue weighted by Gasteiger charge is 2.05. The van der Waals surface area contributed by atoms with Gasteiger partial charge in [0, 0.05) is 0 Å². The molecule has 0 saturated carbocycles. The van der Waals surface area contributed by atoms with Crippen molar-refractivity contribution in [3.63, 3.8) is 0 Å². The van der Waals surface area contributed by atoms with E-state index in [1.807, 2.05) is 0 Å². The van der Waals surface area contributed by atoms with E-state index in [2.05, 4.69) is 41.5 Å². The van der Waals surface area contributed by atoms with Gasteiger partial charge >= 0.3 is 0 Å². The van der Waals surface area contributed by atoms with Crippen LogP contribution in [0.4, 0.5) is 0 Å². The van der Waals surface area contributed by atoms with Crippen LogP contribution in [-0.4, -0.2) is 0 Å². The van der Waals surface area contributed by atoms with Crippen LogP contribution in [0, 0.1) is 11.8 Å². The molecule has 0 amide bonds. The predicted octanol–water partition coefficient (Wildman–Crippen LogP) is 4.49. The highest BCUT2D eigenvalue weighted by atomic mass is 14.1. The van der Waals surface area contributed by atoms with E-state index in [1.54, 1.807) is 0 Å². The maximum atomic E-state index is 2.33. The lowest BCUT2D eigenvalue weighted by molar-refractivity contribution is 0.367. The maximum absolute atomic E-state index is 2.33. The molecule has 0 aromatic rings. The van der Waals surface area contributed by atoms with Gasteiger partial charge in [-0.3, -0.25) is 0 Å². The molecule has 0 aliphatic heterocycles. The maximum Gasteiger partial charge on any atom is -0.0420 e. The lowest BCUT2D eigenvalue weighted by Gasteiger charge is -2.14. The van der Waals surface area contributed by atoms with E-state index in [0.717, 1.165) is 11.8 Å². The third-order valence-electron chi connectivity index (χ3n) is 2.26. The Morgan fingerprint density at radius 3 is 1.00 bits per heavy atom. The molecule has 0 radical (unpaired) electrons. The zero-order valence-corrected chi connectivity index (χ0v) is 9.28. The summed E-state index contributed by atoms with van der Waals surface area (Å²) < 4.78 is 0. The SMILES string of the molecule is CCC.CCC(C)C(C)CC. The van der Waals surface area contributed by atoms with E-state index in [9.17, 15) is 0 Å². The average molecular weight is 158 g/mol. The molecule has 0 aliphatic rings. The monoisotopic (exact) mass is 158 g/mol. The Balaban J connectivity index is 0. The third-order valence-corrected chi connectivity index (χ3v) is 2.26. The van der Waals surface area contributed by atoms with Crippen molar-refractivity contribution in [2.24, 2.45) is 11.8 Å². The summed E-state index contributed by atoms with van der Waals surface area (Å²) >= 11 is 0. The summed E-state index contributed by atoms with van der Waals surface area (Å²) in [6, 6.07) is 0. The summed E-state index contributed by atoms with van der Waals surface area (Å²) in [5.74, 6) is 1.83. The van der Waals surface area contributed by atoms with E-state index in [4.69, 9.17) is 0 Å². The van der Waals surface area contributed by atoms with Gasteiger partial charge in [0.25, 0.3) is 0 Å². The number of hydrogen-bond acceptors (Lipinski definition) is 0. The van der Waals surface area contributed by atoms with E-state index in [1.165, 1.54) is 19.3 Å². The molecule has 0 heteroatoms. The first-order chi connectivity index (χ1) is 5.13. The first-order valence-electron chi connectivity index (χ1n) is 5.13. The van der Waals surface area contributed by atoms with E-state index < -0.39 is 0 Å². The topological polar surface area (TPSA) is 0 Å². The minimum absolute atomic E-state index is 0.917. The Morgan fingerprint density at radius 1 is 0.727 bits per heavy atom. The van der Waals surface area contributed by atoms with Gasteiger partial charge in [-0.1, -0.05) is 60.8 Å². The van der Waals surface area contributed by atoms with Crippen molar-refractivity contribution in [1.29, 1.82) is 0 Å². The first-order valence-corrected chi connectivity index (χ1v) is 5.13. The van der Waals surface area contributed by atoms with Gasteiger partial charge in [-0.15, -0.1) is 0 Å². The second kappa shape index (κ2) is 10.0. The largest absolute Gasteiger partial charge is 0.0656 e. The minimum atomic E-state index is 0.917. The van der Waals surface area contributed by atoms with Gasteiger partial charge in [-0.2, -0.15) is 0 Å². The fourth-order valence-electron chi connectivity index (χ4n) is 0.805. The van der Waals surface area contributed by atoms with Crippen LogP contribution in [0.3, 0.4) is 0 Å². The minimum Gasteiger partial charge on any atom is -0.0656 e. The van der Waals surface area contributed by atoms with Crippen molar-refractivity contribution in [3.05, 3.63) is 0 Å². The molecule has 0 aromatic carbocycles. The van der Waals surface area contributed by atoms with Crippen molar-refractivity contribution >= 4 is 0 Å². The van der Waals surface area contributed by atoms with Gasteiger partial charge in [0.1, 0.15) is 0 Å². The molecule has 70 valence electrons. The van der Waals surface area contributed by atoms with Crippen LogP contribution in [-0.2, 0) is 0 Å². The van der Waals surface area contributed by atoms with Gasteiger partial charge < -0.3 is 0 Å². The molecule has 0 heterocycles. The summed E-state index contributed by atoms with van der Waals surface area (Å²) in [7, 11) is 0. The Bertz CT molecular complexity index is 49.1. The Kier molecular flexibility index (Phi) is 12.3. The molecule has 0 saturated heterocycles. The summed E-state index contributed by atoms with van der Waals surface area (Å²) in [6.45, 7) is 13.4. The molecule has 0 fully saturated rings. The van der Waals surface area contributed by atoms with Crippen molar-refractivity contribution in [2.45, 2.75) is 60.8 Å². The molecule has 2 atom stereocenters. The van der Waals surface area contributed by atoms with Crippen LogP contribution in [0.25, 0.3) is 0 Å². The van der Waals surface area contributed by atoms with Crippen LogP contribution >= 0.6 is 0 Å². The third kappa shape index (κ3) is 10.0. The molecule has 11 heavy (non-hydrogen) atoms. The summed E-state index contributed by atoms with van der Waals surface area (Å²) in [6.07, 6.45) is 3.91. The van der Waals surface area contributed by atoms with E-state index in [-0.39, 0.29) is 0 Å². The molecule has 0 nitrogen and oxygen atoms in total. The van der Waals surface area contributed by atoms with Gasteiger partial charge in [0.15, 0.2) is 0 Å². The van der Waals surface area contributed by atoms with Crippen molar-refractivity contribution in [2.75, 3.05) is 0 Å². The summed E-state index contributed by atoms with van der Waals surface area (Å²) in [5, 5.41) is 0. The van der Waals surface area contributed by atoms with Crippen LogP contribution in [0.1, 0.15) is 60.8 Å². The molecular weight excluding hydrogens is 132 g/mol. The molecule has 2 unspecified atom stereocenters. The average Bonchev–Trinajstić information content (AvgIpc) is 2.03. The zero-order chi connectivity index (χ0) is 9.28. The highest BCUT2D eigenvalue weighted by molar-refractivity contribution is 4.56. The molecule has 0 rings (SSSR count). The molecular formula is C11H26. The van der Waals surface area contributed by atoms with Gasteiger partial charge in [0.2, 0.25) is 0 Å². The fourth-order valence-corrected chi connectivity index (χ4v) is 0.805. The van der Waals surface area contributed by atoms with E-state index in [0.29, 0.717) is 0 Å². The molecule has 0 aliphatic carbocycles. The van der Waals surface area contributed by atoms with Gasteiger partial charge in [-0.05, 0) is 11.8 Å². The Hall–Kier alpha value is 0. The first kappa shape index (κ1) is 13.6. The predicted molar refractivity (Wildman–Crippen MR) is 54.9 cm³/mol. The summed E-state index contributed by atoms with van der Waals surface area (Å²) in [4.78, 5) is 0. The van der Waals surface area contributed by atoms with Gasteiger partial charge in [-0.25, -0.2) is 0 Å². The zero-order valence-electron chi connectivity index (χ0n) is 9.28.